The molecule has 1 amide bonds. The number of halogens is 2. The minimum Gasteiger partial charge on any atom is -0.441 e. The number of benzene rings is 2. The van der Waals surface area contributed by atoms with E-state index in [4.69, 9.17) is 9.15 Å². The third-order valence-corrected chi connectivity index (χ3v) is 4.38. The van der Waals surface area contributed by atoms with Crippen molar-refractivity contribution in [2.45, 2.75) is 45.9 Å². The fraction of sp³-hybridized carbons (Fsp3) is 0.304. The molecule has 7 heteroatoms. The Morgan fingerprint density at radius 2 is 1.97 bits per heavy atom. The second kappa shape index (κ2) is 10.1. The van der Waals surface area contributed by atoms with Crippen LogP contribution in [0.25, 0.3) is 11.3 Å². The Kier molecular flexibility index (Phi) is 7.30. The van der Waals surface area contributed by atoms with Crippen LogP contribution in [0.3, 0.4) is 0 Å². The summed E-state index contributed by atoms with van der Waals surface area (Å²) in [5, 5.41) is 2.86. The molecule has 5 nitrogen and oxygen atoms in total. The van der Waals surface area contributed by atoms with E-state index in [1.165, 1.54) is 12.3 Å². The quantitative estimate of drug-likeness (QED) is 0.547. The van der Waals surface area contributed by atoms with Crippen LogP contribution in [0.5, 0.6) is 0 Å². The number of oxazole rings is 1. The summed E-state index contributed by atoms with van der Waals surface area (Å²) in [4.78, 5) is 16.2. The van der Waals surface area contributed by atoms with E-state index < -0.39 is 11.6 Å². The third kappa shape index (κ3) is 6.22. The van der Waals surface area contributed by atoms with Crippen LogP contribution in [-0.2, 0) is 29.1 Å². The first-order valence-corrected chi connectivity index (χ1v) is 9.77. The highest BCUT2D eigenvalue weighted by Gasteiger charge is 2.13. The predicted molar refractivity (Wildman–Crippen MR) is 108 cm³/mol. The number of aryl methyl sites for hydroxylation is 1. The van der Waals surface area contributed by atoms with Gasteiger partial charge in [0.05, 0.1) is 24.5 Å². The Hall–Kier alpha value is -3.06. The second-order valence-corrected chi connectivity index (χ2v) is 7.20. The summed E-state index contributed by atoms with van der Waals surface area (Å²) in [6.07, 6.45) is 1.98. The van der Waals surface area contributed by atoms with Crippen molar-refractivity contribution in [2.75, 3.05) is 0 Å². The molecular weight excluding hydrogens is 390 g/mol. The molecule has 1 heterocycles. The highest BCUT2D eigenvalue weighted by atomic mass is 19.1. The standard InChI is InChI=1S/C23H24F2N2O3/c1-15(2)29-14-17-5-3-4-16(10-17)12-26-22(28)8-9-23-27-13-21(30-23)19-7-6-18(24)11-20(19)25/h3-7,10-11,13,15H,8-9,12,14H2,1-2H3,(H,26,28). The normalized spacial score (nSPS) is 11.1. The summed E-state index contributed by atoms with van der Waals surface area (Å²) in [7, 11) is 0. The predicted octanol–water partition coefficient (Wildman–Crippen LogP) is 4.79. The van der Waals surface area contributed by atoms with Crippen LogP contribution in [0.4, 0.5) is 8.78 Å². The number of hydrogen-bond acceptors (Lipinski definition) is 4. The number of rotatable bonds is 9. The molecule has 0 atom stereocenters. The maximum Gasteiger partial charge on any atom is 0.220 e. The minimum absolute atomic E-state index is 0.126. The van der Waals surface area contributed by atoms with Gasteiger partial charge in [0, 0.05) is 25.5 Å². The number of nitrogens with zero attached hydrogens (tertiary/aromatic N) is 1. The van der Waals surface area contributed by atoms with Gasteiger partial charge in [-0.2, -0.15) is 0 Å². The van der Waals surface area contributed by atoms with Gasteiger partial charge in [-0.3, -0.25) is 4.79 Å². The van der Waals surface area contributed by atoms with Crippen molar-refractivity contribution < 1.29 is 22.7 Å². The molecule has 3 aromatic rings. The van der Waals surface area contributed by atoms with Gasteiger partial charge in [-0.25, -0.2) is 13.8 Å². The van der Waals surface area contributed by atoms with Gasteiger partial charge in [0.2, 0.25) is 5.91 Å². The van der Waals surface area contributed by atoms with E-state index in [0.717, 1.165) is 23.3 Å². The van der Waals surface area contributed by atoms with E-state index in [0.29, 0.717) is 19.0 Å². The zero-order valence-corrected chi connectivity index (χ0v) is 17.0. The number of carbonyl (C=O) groups excluding carboxylic acids is 1. The van der Waals surface area contributed by atoms with Crippen LogP contribution in [0.2, 0.25) is 0 Å². The van der Waals surface area contributed by atoms with Crippen molar-refractivity contribution in [3.8, 4) is 11.3 Å². The Balaban J connectivity index is 1.48. The number of amides is 1. The molecule has 0 saturated heterocycles. The molecule has 1 aromatic heterocycles. The third-order valence-electron chi connectivity index (χ3n) is 4.38. The largest absolute Gasteiger partial charge is 0.441 e. The van der Waals surface area contributed by atoms with Crippen molar-refractivity contribution in [3.63, 3.8) is 0 Å². The molecule has 2 aromatic carbocycles. The molecule has 0 aliphatic heterocycles. The first-order chi connectivity index (χ1) is 14.4. The van der Waals surface area contributed by atoms with Crippen molar-refractivity contribution in [1.29, 1.82) is 0 Å². The molecule has 0 fully saturated rings. The van der Waals surface area contributed by atoms with Gasteiger partial charge >= 0.3 is 0 Å². The molecule has 3 rings (SSSR count). The summed E-state index contributed by atoms with van der Waals surface area (Å²) in [5.41, 5.74) is 2.16. The van der Waals surface area contributed by atoms with Gasteiger partial charge in [-0.15, -0.1) is 0 Å². The van der Waals surface area contributed by atoms with Crippen LogP contribution in [0, 0.1) is 11.6 Å². The van der Waals surface area contributed by atoms with E-state index in [2.05, 4.69) is 10.3 Å². The highest BCUT2D eigenvalue weighted by molar-refractivity contribution is 5.76. The van der Waals surface area contributed by atoms with Gasteiger partial charge < -0.3 is 14.5 Å². The molecule has 158 valence electrons. The summed E-state index contributed by atoms with van der Waals surface area (Å²) >= 11 is 0. The molecule has 0 bridgehead atoms. The van der Waals surface area contributed by atoms with Gasteiger partial charge in [0.15, 0.2) is 11.7 Å². The maximum absolute atomic E-state index is 13.8. The van der Waals surface area contributed by atoms with Crippen molar-refractivity contribution in [3.05, 3.63) is 77.3 Å². The Labute approximate surface area is 174 Å². The van der Waals surface area contributed by atoms with Gasteiger partial charge in [-0.05, 0) is 37.1 Å². The van der Waals surface area contributed by atoms with Gasteiger partial charge in [0.25, 0.3) is 0 Å². The maximum atomic E-state index is 13.8. The number of carbonyl (C=O) groups is 1. The zero-order valence-electron chi connectivity index (χ0n) is 17.0. The van der Waals surface area contributed by atoms with E-state index in [9.17, 15) is 13.6 Å². The van der Waals surface area contributed by atoms with E-state index in [1.54, 1.807) is 0 Å². The average Bonchev–Trinajstić information content (AvgIpc) is 3.18. The molecule has 0 radical (unpaired) electrons. The molecule has 0 unspecified atom stereocenters. The van der Waals surface area contributed by atoms with E-state index in [1.807, 2.05) is 38.1 Å². The molecular formula is C23H24F2N2O3. The van der Waals surface area contributed by atoms with E-state index in [-0.39, 0.29) is 36.2 Å². The summed E-state index contributed by atoms with van der Waals surface area (Å²) in [6.45, 7) is 4.90. The molecule has 30 heavy (non-hydrogen) atoms. The summed E-state index contributed by atoms with van der Waals surface area (Å²) in [6, 6.07) is 11.1. The first kappa shape index (κ1) is 21.6. The first-order valence-electron chi connectivity index (χ1n) is 9.77. The molecule has 0 saturated carbocycles. The molecule has 0 aliphatic carbocycles. The molecule has 0 aliphatic rings. The lowest BCUT2D eigenvalue weighted by Gasteiger charge is -2.09. The van der Waals surface area contributed by atoms with Gasteiger partial charge in [-0.1, -0.05) is 24.3 Å². The van der Waals surface area contributed by atoms with Crippen molar-refractivity contribution in [1.82, 2.24) is 10.3 Å². The number of hydrogen-bond donors (Lipinski definition) is 1. The number of nitrogens with one attached hydrogen (secondary N) is 1. The van der Waals surface area contributed by atoms with Crippen LogP contribution >= 0.6 is 0 Å². The van der Waals surface area contributed by atoms with Gasteiger partial charge in [0.1, 0.15) is 11.6 Å². The van der Waals surface area contributed by atoms with Crippen molar-refractivity contribution >= 4 is 5.91 Å². The van der Waals surface area contributed by atoms with Crippen LogP contribution in [-0.4, -0.2) is 17.0 Å². The lowest BCUT2D eigenvalue weighted by Crippen LogP contribution is -2.23. The smallest absolute Gasteiger partial charge is 0.220 e. The minimum atomic E-state index is -0.725. The van der Waals surface area contributed by atoms with Crippen LogP contribution in [0.15, 0.2) is 53.1 Å². The fourth-order valence-electron chi connectivity index (χ4n) is 2.84. The van der Waals surface area contributed by atoms with Crippen LogP contribution < -0.4 is 5.32 Å². The Bertz CT molecular complexity index is 1000. The topological polar surface area (TPSA) is 64.4 Å². The summed E-state index contributed by atoms with van der Waals surface area (Å²) in [5.74, 6) is -1.02. The molecule has 0 spiro atoms. The number of aromatic nitrogens is 1. The highest BCUT2D eigenvalue weighted by Crippen LogP contribution is 2.24. The van der Waals surface area contributed by atoms with Crippen LogP contribution in [0.1, 0.15) is 37.3 Å². The lowest BCUT2D eigenvalue weighted by molar-refractivity contribution is -0.121. The fourth-order valence-corrected chi connectivity index (χ4v) is 2.84. The Morgan fingerprint density at radius 1 is 1.17 bits per heavy atom. The van der Waals surface area contributed by atoms with Crippen molar-refractivity contribution in [2.24, 2.45) is 0 Å². The lowest BCUT2D eigenvalue weighted by atomic mass is 10.1. The average molecular weight is 414 g/mol. The Morgan fingerprint density at radius 3 is 2.73 bits per heavy atom. The monoisotopic (exact) mass is 414 g/mol. The number of ether oxygens (including phenoxy) is 1. The SMILES string of the molecule is CC(C)OCc1cccc(CNC(=O)CCc2ncc(-c3ccc(F)cc3F)o2)c1. The zero-order chi connectivity index (χ0) is 21.5. The molecule has 1 N–H and O–H groups in total. The second-order valence-electron chi connectivity index (χ2n) is 7.20. The van der Waals surface area contributed by atoms with E-state index >= 15 is 0 Å². The summed E-state index contributed by atoms with van der Waals surface area (Å²) < 4.78 is 38.0.